The van der Waals surface area contributed by atoms with E-state index >= 15 is 0 Å². The van der Waals surface area contributed by atoms with Crippen LogP contribution in [0.1, 0.15) is 17.3 Å². The predicted octanol–water partition coefficient (Wildman–Crippen LogP) is 1.67. The number of Topliss-reactive ketones (excluding diaryl/α,β-unsaturated/α-hetero) is 1. The van der Waals surface area contributed by atoms with Gasteiger partial charge in [0.25, 0.3) is 0 Å². The Labute approximate surface area is 141 Å². The van der Waals surface area contributed by atoms with Crippen molar-refractivity contribution in [1.82, 2.24) is 10.2 Å². The molecule has 0 aliphatic carbocycles. The van der Waals surface area contributed by atoms with E-state index in [-0.39, 0.29) is 11.6 Å². The number of hydrogen-bond donors (Lipinski definition) is 1. The third-order valence-corrected chi connectivity index (χ3v) is 4.25. The minimum absolute atomic E-state index is 0.132. The zero-order chi connectivity index (χ0) is 16.8. The van der Waals surface area contributed by atoms with Crippen LogP contribution in [0.2, 0.25) is 0 Å². The van der Waals surface area contributed by atoms with Gasteiger partial charge in [0.1, 0.15) is 5.82 Å². The number of anilines is 1. The lowest BCUT2D eigenvalue weighted by atomic mass is 10.1. The Morgan fingerprint density at radius 2 is 2.04 bits per heavy atom. The Kier molecular flexibility index (Phi) is 6.29. The largest absolute Gasteiger partial charge is 0.383 e. The molecule has 1 aliphatic rings. The van der Waals surface area contributed by atoms with Gasteiger partial charge < -0.3 is 19.9 Å². The molecule has 1 saturated heterocycles. The molecule has 5 nitrogen and oxygen atoms in total. The highest BCUT2D eigenvalue weighted by Gasteiger charge is 2.21. The number of rotatable bonds is 5. The third-order valence-electron chi connectivity index (χ3n) is 3.84. The van der Waals surface area contributed by atoms with Crippen molar-refractivity contribution in [1.29, 1.82) is 0 Å². The lowest BCUT2D eigenvalue weighted by molar-refractivity contribution is 0.101. The van der Waals surface area contributed by atoms with Crippen molar-refractivity contribution in [3.05, 3.63) is 29.6 Å². The summed E-state index contributed by atoms with van der Waals surface area (Å²) in [7, 11) is 1.65. The first kappa shape index (κ1) is 17.6. The van der Waals surface area contributed by atoms with Gasteiger partial charge in [0.15, 0.2) is 10.9 Å². The number of benzene rings is 1. The van der Waals surface area contributed by atoms with Crippen LogP contribution in [-0.2, 0) is 4.74 Å². The quantitative estimate of drug-likeness (QED) is 0.500. The van der Waals surface area contributed by atoms with Crippen LogP contribution < -0.4 is 10.2 Å². The first-order valence-electron chi connectivity index (χ1n) is 7.60. The van der Waals surface area contributed by atoms with E-state index in [0.717, 1.165) is 13.1 Å². The number of nitrogens with zero attached hydrogens (tertiary/aromatic N) is 2. The minimum atomic E-state index is -0.355. The summed E-state index contributed by atoms with van der Waals surface area (Å²) in [5.74, 6) is -0.486. The molecule has 1 N–H and O–H groups in total. The fourth-order valence-electron chi connectivity index (χ4n) is 2.50. The van der Waals surface area contributed by atoms with Crippen molar-refractivity contribution in [2.24, 2.45) is 0 Å². The molecule has 1 heterocycles. The number of carbonyl (C=O) groups is 1. The molecule has 1 fully saturated rings. The van der Waals surface area contributed by atoms with Crippen LogP contribution >= 0.6 is 12.2 Å². The fourth-order valence-corrected chi connectivity index (χ4v) is 2.79. The minimum Gasteiger partial charge on any atom is -0.383 e. The molecular formula is C16H22FN3O2S. The van der Waals surface area contributed by atoms with Gasteiger partial charge in [-0.25, -0.2) is 4.39 Å². The SMILES string of the molecule is COCCNC(=S)N1CCN(c2ccc(C(C)=O)cc2F)CC1. The van der Waals surface area contributed by atoms with E-state index in [9.17, 15) is 9.18 Å². The van der Waals surface area contributed by atoms with E-state index in [0.29, 0.717) is 42.6 Å². The standard InChI is InChI=1S/C16H22FN3O2S/c1-12(21)13-3-4-15(14(17)11-13)19-6-8-20(9-7-19)16(23)18-5-10-22-2/h3-4,11H,5-10H2,1-2H3,(H,18,23). The second-order valence-corrected chi connectivity index (χ2v) is 5.81. The molecule has 23 heavy (non-hydrogen) atoms. The highest BCUT2D eigenvalue weighted by atomic mass is 32.1. The number of ketones is 1. The molecule has 0 unspecified atom stereocenters. The van der Waals surface area contributed by atoms with Gasteiger partial charge in [-0.2, -0.15) is 0 Å². The van der Waals surface area contributed by atoms with E-state index in [1.54, 1.807) is 19.2 Å². The summed E-state index contributed by atoms with van der Waals surface area (Å²) in [6.45, 7) is 5.54. The average molecular weight is 339 g/mol. The molecule has 7 heteroatoms. The molecule has 0 aromatic heterocycles. The second-order valence-electron chi connectivity index (χ2n) is 5.42. The smallest absolute Gasteiger partial charge is 0.169 e. The van der Waals surface area contributed by atoms with Crippen molar-refractivity contribution < 1.29 is 13.9 Å². The Morgan fingerprint density at radius 3 is 2.61 bits per heavy atom. The maximum absolute atomic E-state index is 14.2. The number of thiocarbonyl (C=S) groups is 1. The van der Waals surface area contributed by atoms with Crippen LogP contribution in [0.3, 0.4) is 0 Å². The van der Waals surface area contributed by atoms with Gasteiger partial charge in [0.05, 0.1) is 12.3 Å². The van der Waals surface area contributed by atoms with Gasteiger partial charge in [-0.3, -0.25) is 4.79 Å². The molecule has 126 valence electrons. The Hall–Kier alpha value is -1.73. The Bertz CT molecular complexity index is 574. The lowest BCUT2D eigenvalue weighted by Gasteiger charge is -2.37. The van der Waals surface area contributed by atoms with E-state index in [2.05, 4.69) is 10.2 Å². The van der Waals surface area contributed by atoms with Crippen LogP contribution in [0.5, 0.6) is 0 Å². The van der Waals surface area contributed by atoms with Crippen LogP contribution in [0.15, 0.2) is 18.2 Å². The van der Waals surface area contributed by atoms with Crippen molar-refractivity contribution in [3.63, 3.8) is 0 Å². The predicted molar refractivity (Wildman–Crippen MR) is 92.7 cm³/mol. The normalized spacial score (nSPS) is 14.7. The Balaban J connectivity index is 1.91. The fraction of sp³-hybridized carbons (Fsp3) is 0.500. The second kappa shape index (κ2) is 8.21. The molecule has 0 bridgehead atoms. The molecule has 0 radical (unpaired) electrons. The van der Waals surface area contributed by atoms with Crippen molar-refractivity contribution in [2.45, 2.75) is 6.92 Å². The summed E-state index contributed by atoms with van der Waals surface area (Å²) in [4.78, 5) is 15.3. The summed E-state index contributed by atoms with van der Waals surface area (Å²) in [6.07, 6.45) is 0. The first-order chi connectivity index (χ1) is 11.0. The molecule has 1 aliphatic heterocycles. The average Bonchev–Trinajstić information content (AvgIpc) is 2.55. The van der Waals surface area contributed by atoms with Gasteiger partial charge >= 0.3 is 0 Å². The molecule has 1 aromatic rings. The summed E-state index contributed by atoms with van der Waals surface area (Å²) in [5, 5.41) is 3.84. The van der Waals surface area contributed by atoms with Gasteiger partial charge in [0, 0.05) is 45.4 Å². The maximum atomic E-state index is 14.2. The molecule has 0 atom stereocenters. The van der Waals surface area contributed by atoms with E-state index in [1.807, 2.05) is 4.90 Å². The van der Waals surface area contributed by atoms with Crippen molar-refractivity contribution in [3.8, 4) is 0 Å². The number of carbonyl (C=O) groups excluding carboxylic acids is 1. The zero-order valence-electron chi connectivity index (χ0n) is 13.5. The number of nitrogens with one attached hydrogen (secondary N) is 1. The number of halogens is 1. The molecule has 0 amide bonds. The van der Waals surface area contributed by atoms with E-state index in [1.165, 1.54) is 13.0 Å². The summed E-state index contributed by atoms with van der Waals surface area (Å²) < 4.78 is 19.2. The number of piperazine rings is 1. The molecule has 0 spiro atoms. The van der Waals surface area contributed by atoms with Crippen LogP contribution in [0, 0.1) is 5.82 Å². The molecule has 2 rings (SSSR count). The summed E-state index contributed by atoms with van der Waals surface area (Å²) in [5.41, 5.74) is 0.932. The third kappa shape index (κ3) is 4.62. The Morgan fingerprint density at radius 1 is 1.35 bits per heavy atom. The van der Waals surface area contributed by atoms with Gasteiger partial charge in [-0.05, 0) is 37.3 Å². The van der Waals surface area contributed by atoms with Gasteiger partial charge in [-0.1, -0.05) is 0 Å². The van der Waals surface area contributed by atoms with Crippen molar-refractivity contribution in [2.75, 3.05) is 51.3 Å². The van der Waals surface area contributed by atoms with Crippen molar-refractivity contribution >= 4 is 28.8 Å². The van der Waals surface area contributed by atoms with E-state index in [4.69, 9.17) is 17.0 Å². The summed E-state index contributed by atoms with van der Waals surface area (Å²) >= 11 is 5.34. The summed E-state index contributed by atoms with van der Waals surface area (Å²) in [6, 6.07) is 4.65. The monoisotopic (exact) mass is 339 g/mol. The van der Waals surface area contributed by atoms with Gasteiger partial charge in [-0.15, -0.1) is 0 Å². The highest BCUT2D eigenvalue weighted by molar-refractivity contribution is 7.80. The molecular weight excluding hydrogens is 317 g/mol. The highest BCUT2D eigenvalue weighted by Crippen LogP contribution is 2.22. The van der Waals surface area contributed by atoms with E-state index < -0.39 is 0 Å². The molecule has 1 aromatic carbocycles. The number of methoxy groups -OCH3 is 1. The zero-order valence-corrected chi connectivity index (χ0v) is 14.3. The maximum Gasteiger partial charge on any atom is 0.169 e. The molecule has 0 saturated carbocycles. The van der Waals surface area contributed by atoms with Crippen LogP contribution in [0.4, 0.5) is 10.1 Å². The number of ether oxygens (including phenoxy) is 1. The lowest BCUT2D eigenvalue weighted by Crippen LogP contribution is -2.52. The van der Waals surface area contributed by atoms with Crippen LogP contribution in [-0.4, -0.2) is 62.2 Å². The van der Waals surface area contributed by atoms with Crippen LogP contribution in [0.25, 0.3) is 0 Å². The van der Waals surface area contributed by atoms with Gasteiger partial charge in [0.2, 0.25) is 0 Å². The first-order valence-corrected chi connectivity index (χ1v) is 8.01. The number of hydrogen-bond acceptors (Lipinski definition) is 4. The topological polar surface area (TPSA) is 44.8 Å².